The molecule has 0 spiro atoms. The van der Waals surface area contributed by atoms with Crippen LogP contribution in [0.5, 0.6) is 11.5 Å². The van der Waals surface area contributed by atoms with Crippen molar-refractivity contribution < 1.29 is 105 Å². The Kier molecular flexibility index (Phi) is 13.1. The fourth-order valence-corrected chi connectivity index (χ4v) is 1.19. The quantitative estimate of drug-likeness (QED) is 0.240. The van der Waals surface area contributed by atoms with E-state index in [0.29, 0.717) is 0 Å². The second-order valence-electron chi connectivity index (χ2n) is 3.84. The Morgan fingerprint density at radius 2 is 0.444 bits per heavy atom. The standard InChI is InChI=1S/2C6HF5O.2ClH.Zr/c2*7-1-2(8)4(10)6(12)5(11)3(1)9;;;/h2*12H;2*1H;/q;;;;+2/p-2. The van der Waals surface area contributed by atoms with Crippen molar-refractivity contribution in [2.45, 2.75) is 0 Å². The van der Waals surface area contributed by atoms with Crippen LogP contribution in [0.1, 0.15) is 0 Å². The zero-order valence-corrected chi connectivity index (χ0v) is 15.9. The fourth-order valence-electron chi connectivity index (χ4n) is 1.19. The monoisotopic (exact) mass is 528 g/mol. The van der Waals surface area contributed by atoms with Crippen molar-refractivity contribution in [3.63, 3.8) is 0 Å². The predicted molar refractivity (Wildman–Crippen MR) is 55.8 cm³/mol. The molecule has 0 radical (unpaired) electrons. The van der Waals surface area contributed by atoms with E-state index >= 15 is 0 Å². The third kappa shape index (κ3) is 5.89. The number of phenols is 2. The molecule has 150 valence electrons. The van der Waals surface area contributed by atoms with Gasteiger partial charge < -0.3 is 35.0 Å². The van der Waals surface area contributed by atoms with E-state index in [4.69, 9.17) is 10.2 Å². The molecule has 0 saturated heterocycles. The number of aromatic hydroxyl groups is 2. The van der Waals surface area contributed by atoms with Gasteiger partial charge in [0.15, 0.2) is 11.5 Å². The molecule has 2 rings (SSSR count). The molecule has 27 heavy (non-hydrogen) atoms. The first kappa shape index (κ1) is 30.5. The molecule has 0 atom stereocenters. The van der Waals surface area contributed by atoms with E-state index in [1.54, 1.807) is 0 Å². The van der Waals surface area contributed by atoms with Gasteiger partial charge in [0, 0.05) is 0 Å². The summed E-state index contributed by atoms with van der Waals surface area (Å²) in [7, 11) is 0. The van der Waals surface area contributed by atoms with Crippen LogP contribution in [0, 0.1) is 58.2 Å². The van der Waals surface area contributed by atoms with Gasteiger partial charge in [0.2, 0.25) is 58.2 Å². The van der Waals surface area contributed by atoms with Gasteiger partial charge in [-0.2, -0.15) is 17.6 Å². The van der Waals surface area contributed by atoms with Gasteiger partial charge in [-0.1, -0.05) is 0 Å². The van der Waals surface area contributed by atoms with Gasteiger partial charge in [-0.25, -0.2) is 26.3 Å². The molecule has 0 saturated carbocycles. The van der Waals surface area contributed by atoms with E-state index in [9.17, 15) is 43.9 Å². The smallest absolute Gasteiger partial charge is 1.00 e. The van der Waals surface area contributed by atoms with E-state index < -0.39 is 69.7 Å². The van der Waals surface area contributed by atoms with Crippen LogP contribution in [-0.4, -0.2) is 10.2 Å². The summed E-state index contributed by atoms with van der Waals surface area (Å²) in [6.45, 7) is 0. The maximum Gasteiger partial charge on any atom is 2.00 e. The van der Waals surface area contributed by atoms with Gasteiger partial charge in [-0.05, 0) is 0 Å². The van der Waals surface area contributed by atoms with Crippen LogP contribution in [0.2, 0.25) is 0 Å². The third-order valence-corrected chi connectivity index (χ3v) is 2.37. The number of benzene rings is 2. The second-order valence-corrected chi connectivity index (χ2v) is 3.84. The zero-order valence-electron chi connectivity index (χ0n) is 11.9. The average Bonchev–Trinajstić information content (AvgIpc) is 2.58. The van der Waals surface area contributed by atoms with Crippen LogP contribution in [0.15, 0.2) is 0 Å². The zero-order chi connectivity index (χ0) is 18.9. The minimum atomic E-state index is -2.29. The van der Waals surface area contributed by atoms with Crippen molar-refractivity contribution in [3.8, 4) is 11.5 Å². The Bertz CT molecular complexity index is 544. The third-order valence-electron chi connectivity index (χ3n) is 2.37. The SMILES string of the molecule is Oc1c(F)c(F)c(F)c(F)c1F.Oc1c(F)c(F)c(F)c(F)c1F.[Cl-].[Cl-].[Zr+2]. The fraction of sp³-hybridized carbons (Fsp3) is 0. The first-order chi connectivity index (χ1) is 10.9. The molecule has 0 fully saturated rings. The summed E-state index contributed by atoms with van der Waals surface area (Å²) in [4.78, 5) is 0. The summed E-state index contributed by atoms with van der Waals surface area (Å²) in [6, 6.07) is 0. The number of hydrogen-bond donors (Lipinski definition) is 2. The molecule has 2 nitrogen and oxygen atoms in total. The summed E-state index contributed by atoms with van der Waals surface area (Å²) in [6.07, 6.45) is 0. The summed E-state index contributed by atoms with van der Waals surface area (Å²) >= 11 is 0. The van der Waals surface area contributed by atoms with Crippen molar-refractivity contribution >= 4 is 0 Å². The number of halogens is 12. The Morgan fingerprint density at radius 1 is 0.333 bits per heavy atom. The van der Waals surface area contributed by atoms with E-state index in [1.165, 1.54) is 0 Å². The summed E-state index contributed by atoms with van der Waals surface area (Å²) in [5.41, 5.74) is 0. The Morgan fingerprint density at radius 3 is 0.593 bits per heavy atom. The number of rotatable bonds is 0. The van der Waals surface area contributed by atoms with Gasteiger partial charge in [0.05, 0.1) is 0 Å². The normalized spacial score (nSPS) is 9.26. The van der Waals surface area contributed by atoms with Gasteiger partial charge in [0.25, 0.3) is 0 Å². The molecular formula is C12H2Cl2F10O2Zr. The first-order valence-corrected chi connectivity index (χ1v) is 5.34. The Labute approximate surface area is 174 Å². The van der Waals surface area contributed by atoms with Crippen molar-refractivity contribution in [2.24, 2.45) is 0 Å². The van der Waals surface area contributed by atoms with Gasteiger partial charge >= 0.3 is 26.2 Å². The van der Waals surface area contributed by atoms with Crippen LogP contribution in [0.3, 0.4) is 0 Å². The summed E-state index contributed by atoms with van der Waals surface area (Å²) < 4.78 is 121. The Balaban J connectivity index is -0.000000384. The number of phenolic OH excluding ortho intramolecular Hbond substituents is 2. The molecule has 2 aromatic carbocycles. The molecule has 0 bridgehead atoms. The minimum Gasteiger partial charge on any atom is -1.00 e. The van der Waals surface area contributed by atoms with Gasteiger partial charge in [0.1, 0.15) is 0 Å². The number of hydrogen-bond acceptors (Lipinski definition) is 2. The van der Waals surface area contributed by atoms with Crippen molar-refractivity contribution in [3.05, 3.63) is 58.2 Å². The van der Waals surface area contributed by atoms with Crippen LogP contribution in [-0.2, 0) is 26.2 Å². The molecule has 0 amide bonds. The average molecular weight is 530 g/mol. The Hall–Kier alpha value is -1.20. The second kappa shape index (κ2) is 11.6. The predicted octanol–water partition coefficient (Wildman–Crippen LogP) is -1.82. The first-order valence-electron chi connectivity index (χ1n) is 5.34. The molecule has 0 aromatic heterocycles. The molecule has 0 unspecified atom stereocenters. The summed E-state index contributed by atoms with van der Waals surface area (Å²) in [5.74, 6) is -25.9. The van der Waals surface area contributed by atoms with E-state index in [2.05, 4.69) is 0 Å². The maximum absolute atomic E-state index is 12.2. The minimum absolute atomic E-state index is 0. The van der Waals surface area contributed by atoms with Gasteiger partial charge in [-0.15, -0.1) is 0 Å². The van der Waals surface area contributed by atoms with Crippen molar-refractivity contribution in [1.82, 2.24) is 0 Å². The summed E-state index contributed by atoms with van der Waals surface area (Å²) in [5, 5.41) is 16.6. The van der Waals surface area contributed by atoms with E-state index in [-0.39, 0.29) is 51.0 Å². The van der Waals surface area contributed by atoms with Gasteiger partial charge in [-0.3, -0.25) is 0 Å². The van der Waals surface area contributed by atoms with E-state index in [1.807, 2.05) is 0 Å². The molecule has 2 aromatic rings. The molecular weight excluding hydrogens is 528 g/mol. The van der Waals surface area contributed by atoms with Crippen molar-refractivity contribution in [2.75, 3.05) is 0 Å². The van der Waals surface area contributed by atoms with Crippen molar-refractivity contribution in [1.29, 1.82) is 0 Å². The molecule has 0 heterocycles. The molecule has 15 heteroatoms. The molecule has 0 aliphatic rings. The molecule has 2 N–H and O–H groups in total. The van der Waals surface area contributed by atoms with Crippen LogP contribution >= 0.6 is 0 Å². The van der Waals surface area contributed by atoms with Crippen LogP contribution in [0.25, 0.3) is 0 Å². The topological polar surface area (TPSA) is 40.5 Å². The molecule has 0 aliphatic heterocycles. The van der Waals surface area contributed by atoms with Crippen LogP contribution < -0.4 is 24.8 Å². The van der Waals surface area contributed by atoms with Crippen LogP contribution in [0.4, 0.5) is 43.9 Å². The van der Waals surface area contributed by atoms with E-state index in [0.717, 1.165) is 0 Å². The largest absolute Gasteiger partial charge is 2.00 e. The molecule has 0 aliphatic carbocycles. The maximum atomic E-state index is 12.2.